The number of rotatable bonds is 5. The Kier molecular flexibility index (Phi) is 5.27. The first-order chi connectivity index (χ1) is 11.3. The van der Waals surface area contributed by atoms with Gasteiger partial charge in [0.05, 0.1) is 26.9 Å². The molecule has 1 aliphatic rings. The Hall–Kier alpha value is -1.89. The maximum atomic E-state index is 9.40. The molecule has 1 atom stereocenters. The molecular weight excluding hydrogens is 294 g/mol. The first-order valence-corrected chi connectivity index (χ1v) is 7.87. The summed E-state index contributed by atoms with van der Waals surface area (Å²) < 4.78 is 12.8. The van der Waals surface area contributed by atoms with Gasteiger partial charge in [0.2, 0.25) is 0 Å². The lowest BCUT2D eigenvalue weighted by atomic mass is 10.1. The van der Waals surface area contributed by atoms with Crippen LogP contribution in [-0.2, 0) is 11.3 Å². The maximum absolute atomic E-state index is 9.40. The predicted octanol–water partition coefficient (Wildman–Crippen LogP) is 1.32. The van der Waals surface area contributed by atoms with Crippen LogP contribution in [0, 0.1) is 5.92 Å². The van der Waals surface area contributed by atoms with E-state index in [4.69, 9.17) is 9.47 Å². The second-order valence-corrected chi connectivity index (χ2v) is 5.77. The predicted molar refractivity (Wildman–Crippen MR) is 86.8 cm³/mol. The van der Waals surface area contributed by atoms with Crippen molar-refractivity contribution >= 4 is 0 Å². The summed E-state index contributed by atoms with van der Waals surface area (Å²) in [5.74, 6) is 1.99. The summed E-state index contributed by atoms with van der Waals surface area (Å²) in [6, 6.07) is 7.93. The van der Waals surface area contributed by atoms with Gasteiger partial charge in [-0.3, -0.25) is 4.90 Å². The molecule has 6 nitrogen and oxygen atoms in total. The average molecular weight is 317 g/mol. The summed E-state index contributed by atoms with van der Waals surface area (Å²) in [5.41, 5.74) is 1.06. The highest BCUT2D eigenvalue weighted by Crippen LogP contribution is 2.18. The number of nitrogens with zero attached hydrogens (tertiary/aromatic N) is 3. The van der Waals surface area contributed by atoms with Gasteiger partial charge in [-0.2, -0.15) is 0 Å². The van der Waals surface area contributed by atoms with Gasteiger partial charge in [-0.25, -0.2) is 4.98 Å². The second-order valence-electron chi connectivity index (χ2n) is 5.77. The van der Waals surface area contributed by atoms with Crippen molar-refractivity contribution in [2.75, 3.05) is 40.0 Å². The van der Waals surface area contributed by atoms with Gasteiger partial charge < -0.3 is 19.1 Å². The monoisotopic (exact) mass is 317 g/mol. The van der Waals surface area contributed by atoms with Gasteiger partial charge in [0.1, 0.15) is 11.6 Å². The fourth-order valence-corrected chi connectivity index (χ4v) is 2.84. The zero-order chi connectivity index (χ0) is 16.1. The number of aromatic nitrogens is 2. The van der Waals surface area contributed by atoms with Crippen LogP contribution in [0.4, 0.5) is 0 Å². The molecule has 6 heteroatoms. The number of aliphatic hydroxyl groups excluding tert-OH is 1. The first kappa shape index (κ1) is 16.0. The van der Waals surface area contributed by atoms with E-state index in [0.717, 1.165) is 36.9 Å². The SMILES string of the molecule is COc1ccc(-n2ccnc2CN2CCOCC(CO)C2)cc1. The molecule has 0 spiro atoms. The summed E-state index contributed by atoms with van der Waals surface area (Å²) >= 11 is 0. The average Bonchev–Trinajstić information content (AvgIpc) is 2.92. The minimum absolute atomic E-state index is 0.156. The topological polar surface area (TPSA) is 59.8 Å². The van der Waals surface area contributed by atoms with Crippen LogP contribution in [0.2, 0.25) is 0 Å². The first-order valence-electron chi connectivity index (χ1n) is 7.87. The lowest BCUT2D eigenvalue weighted by molar-refractivity contribution is 0.0958. The Bertz CT molecular complexity index is 612. The summed E-state index contributed by atoms with van der Waals surface area (Å²) in [6.45, 7) is 3.89. The third-order valence-electron chi connectivity index (χ3n) is 4.11. The van der Waals surface area contributed by atoms with Crippen LogP contribution in [0.25, 0.3) is 5.69 Å². The molecule has 1 aliphatic heterocycles. The molecule has 1 fully saturated rings. The molecule has 0 aliphatic carbocycles. The van der Waals surface area contributed by atoms with Crippen molar-refractivity contribution in [3.05, 3.63) is 42.5 Å². The lowest BCUT2D eigenvalue weighted by Gasteiger charge is -2.22. The summed E-state index contributed by atoms with van der Waals surface area (Å²) in [7, 11) is 1.66. The second kappa shape index (κ2) is 7.59. The van der Waals surface area contributed by atoms with Crippen molar-refractivity contribution in [2.24, 2.45) is 5.92 Å². The molecule has 1 unspecified atom stereocenters. The molecule has 2 aromatic rings. The van der Waals surface area contributed by atoms with Crippen LogP contribution in [0.5, 0.6) is 5.75 Å². The van der Waals surface area contributed by atoms with Crippen molar-refractivity contribution in [2.45, 2.75) is 6.54 Å². The summed E-state index contributed by atoms with van der Waals surface area (Å²) in [4.78, 5) is 6.79. The Morgan fingerprint density at radius 2 is 2.17 bits per heavy atom. The standard InChI is InChI=1S/C17H23N3O3/c1-22-16-4-2-15(3-5-16)20-7-6-18-17(20)11-19-8-9-23-13-14(10-19)12-21/h2-7,14,21H,8-13H2,1H3. The quantitative estimate of drug-likeness (QED) is 0.901. The van der Waals surface area contributed by atoms with E-state index in [9.17, 15) is 5.11 Å². The van der Waals surface area contributed by atoms with Crippen molar-refractivity contribution < 1.29 is 14.6 Å². The van der Waals surface area contributed by atoms with E-state index in [1.165, 1.54) is 0 Å². The normalized spacial score (nSPS) is 19.5. The summed E-state index contributed by atoms with van der Waals surface area (Å²) in [5, 5.41) is 9.40. The van der Waals surface area contributed by atoms with Gasteiger partial charge in [-0.1, -0.05) is 0 Å². The van der Waals surface area contributed by atoms with E-state index in [0.29, 0.717) is 13.2 Å². The molecule has 1 aromatic carbocycles. The van der Waals surface area contributed by atoms with E-state index in [2.05, 4.69) is 14.5 Å². The van der Waals surface area contributed by atoms with E-state index in [1.54, 1.807) is 7.11 Å². The number of hydrogen-bond acceptors (Lipinski definition) is 5. The number of imidazole rings is 1. The number of hydrogen-bond donors (Lipinski definition) is 1. The molecule has 0 amide bonds. The molecule has 1 aromatic heterocycles. The molecule has 124 valence electrons. The van der Waals surface area contributed by atoms with Crippen LogP contribution in [0.15, 0.2) is 36.7 Å². The summed E-state index contributed by atoms with van der Waals surface area (Å²) in [6.07, 6.45) is 3.78. The third kappa shape index (κ3) is 3.90. The Balaban J connectivity index is 1.74. The van der Waals surface area contributed by atoms with Crippen LogP contribution in [0.1, 0.15) is 5.82 Å². The minimum Gasteiger partial charge on any atom is -0.497 e. The molecular formula is C17H23N3O3. The van der Waals surface area contributed by atoms with Crippen LogP contribution >= 0.6 is 0 Å². The maximum Gasteiger partial charge on any atom is 0.127 e. The minimum atomic E-state index is 0.156. The molecule has 1 saturated heterocycles. The molecule has 1 N–H and O–H groups in total. The van der Waals surface area contributed by atoms with Gasteiger partial charge in [0.15, 0.2) is 0 Å². The smallest absolute Gasteiger partial charge is 0.127 e. The zero-order valence-corrected chi connectivity index (χ0v) is 13.4. The Labute approximate surface area is 136 Å². The van der Waals surface area contributed by atoms with Crippen molar-refractivity contribution in [3.63, 3.8) is 0 Å². The van der Waals surface area contributed by atoms with Gasteiger partial charge >= 0.3 is 0 Å². The van der Waals surface area contributed by atoms with Gasteiger partial charge in [-0.05, 0) is 24.3 Å². The number of aliphatic hydroxyl groups is 1. The van der Waals surface area contributed by atoms with Gasteiger partial charge in [0.25, 0.3) is 0 Å². The van der Waals surface area contributed by atoms with Crippen LogP contribution in [-0.4, -0.2) is 59.6 Å². The van der Waals surface area contributed by atoms with Gasteiger partial charge in [-0.15, -0.1) is 0 Å². The van der Waals surface area contributed by atoms with Crippen molar-refractivity contribution in [1.29, 1.82) is 0 Å². The fraction of sp³-hybridized carbons (Fsp3) is 0.471. The largest absolute Gasteiger partial charge is 0.497 e. The Morgan fingerprint density at radius 1 is 1.35 bits per heavy atom. The van der Waals surface area contributed by atoms with Crippen LogP contribution in [0.3, 0.4) is 0 Å². The number of benzene rings is 1. The highest BCUT2D eigenvalue weighted by atomic mass is 16.5. The Morgan fingerprint density at radius 3 is 2.91 bits per heavy atom. The molecule has 0 bridgehead atoms. The highest BCUT2D eigenvalue weighted by molar-refractivity contribution is 5.38. The van der Waals surface area contributed by atoms with Crippen molar-refractivity contribution in [3.8, 4) is 11.4 Å². The molecule has 2 heterocycles. The van der Waals surface area contributed by atoms with E-state index < -0.39 is 0 Å². The fourth-order valence-electron chi connectivity index (χ4n) is 2.84. The molecule has 0 saturated carbocycles. The van der Waals surface area contributed by atoms with Crippen molar-refractivity contribution in [1.82, 2.24) is 14.5 Å². The van der Waals surface area contributed by atoms with E-state index in [-0.39, 0.29) is 12.5 Å². The third-order valence-corrected chi connectivity index (χ3v) is 4.11. The highest BCUT2D eigenvalue weighted by Gasteiger charge is 2.19. The molecule has 23 heavy (non-hydrogen) atoms. The molecule has 0 radical (unpaired) electrons. The van der Waals surface area contributed by atoms with E-state index >= 15 is 0 Å². The lowest BCUT2D eigenvalue weighted by Crippen LogP contribution is -2.32. The molecule has 3 rings (SSSR count). The number of methoxy groups -OCH3 is 1. The zero-order valence-electron chi connectivity index (χ0n) is 13.4. The van der Waals surface area contributed by atoms with Gasteiger partial charge in [0, 0.05) is 43.7 Å². The van der Waals surface area contributed by atoms with E-state index in [1.807, 2.05) is 36.7 Å². The number of ether oxygens (including phenoxy) is 2. The van der Waals surface area contributed by atoms with Crippen LogP contribution < -0.4 is 4.74 Å².